The van der Waals surface area contributed by atoms with Crippen LogP contribution < -0.4 is 4.90 Å². The standard InChI is InChI=1S/C21H21BrN4O3S/c1-24-20-19(15-23-24)25(13-12-17-9-5-6-10-18(17)22)21(27)26(30(20,28)29)14-11-16-7-3-2-4-8-16/h2-10,15H,11-14H2,1H3. The Hall–Kier alpha value is -2.65. The van der Waals surface area contributed by atoms with Crippen molar-refractivity contribution in [2.24, 2.45) is 7.05 Å². The first-order valence-corrected chi connectivity index (χ1v) is 11.8. The second kappa shape index (κ2) is 8.23. The molecule has 4 rings (SSSR count). The van der Waals surface area contributed by atoms with E-state index in [9.17, 15) is 13.2 Å². The van der Waals surface area contributed by atoms with E-state index >= 15 is 0 Å². The van der Waals surface area contributed by atoms with Crippen molar-refractivity contribution in [1.29, 1.82) is 0 Å². The van der Waals surface area contributed by atoms with Crippen LogP contribution in [-0.2, 0) is 29.9 Å². The van der Waals surface area contributed by atoms with Gasteiger partial charge in [0, 0.05) is 24.6 Å². The summed E-state index contributed by atoms with van der Waals surface area (Å²) in [6.07, 6.45) is 2.46. The van der Waals surface area contributed by atoms with Crippen LogP contribution in [0.25, 0.3) is 0 Å². The van der Waals surface area contributed by atoms with Gasteiger partial charge in [0.25, 0.3) is 10.0 Å². The number of amides is 2. The lowest BCUT2D eigenvalue weighted by atomic mass is 10.1. The molecule has 0 aliphatic carbocycles. The van der Waals surface area contributed by atoms with E-state index in [0.29, 0.717) is 25.1 Å². The number of fused-ring (bicyclic) bond motifs is 1. The van der Waals surface area contributed by atoms with Crippen molar-refractivity contribution >= 4 is 37.7 Å². The van der Waals surface area contributed by atoms with Gasteiger partial charge >= 0.3 is 6.03 Å². The normalized spacial score (nSPS) is 15.3. The molecule has 0 fully saturated rings. The Morgan fingerprint density at radius 2 is 1.67 bits per heavy atom. The largest absolute Gasteiger partial charge is 0.338 e. The van der Waals surface area contributed by atoms with Gasteiger partial charge in [0.05, 0.1) is 6.20 Å². The first kappa shape index (κ1) is 20.6. The highest BCUT2D eigenvalue weighted by molar-refractivity contribution is 9.10. The Morgan fingerprint density at radius 1 is 0.967 bits per heavy atom. The van der Waals surface area contributed by atoms with E-state index in [1.54, 1.807) is 7.05 Å². The average molecular weight is 489 g/mol. The zero-order chi connectivity index (χ0) is 21.3. The Balaban J connectivity index is 1.64. The average Bonchev–Trinajstić information content (AvgIpc) is 3.12. The molecule has 0 saturated heterocycles. The van der Waals surface area contributed by atoms with E-state index in [1.165, 1.54) is 15.8 Å². The molecule has 30 heavy (non-hydrogen) atoms. The van der Waals surface area contributed by atoms with Crippen LogP contribution in [-0.4, -0.2) is 41.6 Å². The van der Waals surface area contributed by atoms with Crippen molar-refractivity contribution in [1.82, 2.24) is 14.1 Å². The van der Waals surface area contributed by atoms with E-state index in [-0.39, 0.29) is 11.6 Å². The fourth-order valence-corrected chi connectivity index (χ4v) is 5.72. The van der Waals surface area contributed by atoms with Crippen LogP contribution in [0.15, 0.2) is 70.3 Å². The van der Waals surface area contributed by atoms with Crippen molar-refractivity contribution in [2.75, 3.05) is 18.0 Å². The van der Waals surface area contributed by atoms with E-state index in [0.717, 1.165) is 19.9 Å². The number of carbonyl (C=O) groups is 1. The molecule has 1 aliphatic rings. The number of urea groups is 1. The molecule has 2 heterocycles. The van der Waals surface area contributed by atoms with Crippen LogP contribution in [0.2, 0.25) is 0 Å². The minimum Gasteiger partial charge on any atom is -0.289 e. The number of hydrogen-bond acceptors (Lipinski definition) is 4. The first-order chi connectivity index (χ1) is 14.4. The summed E-state index contributed by atoms with van der Waals surface area (Å²) in [5.41, 5.74) is 2.33. The summed E-state index contributed by atoms with van der Waals surface area (Å²) in [5, 5.41) is 4.16. The second-order valence-electron chi connectivity index (χ2n) is 7.05. The molecular formula is C21H21BrN4O3S. The molecule has 0 N–H and O–H groups in total. The molecule has 0 saturated carbocycles. The van der Waals surface area contributed by atoms with Crippen LogP contribution >= 0.6 is 15.9 Å². The molecule has 0 atom stereocenters. The number of sulfonamides is 1. The highest BCUT2D eigenvalue weighted by Crippen LogP contribution is 2.34. The summed E-state index contributed by atoms with van der Waals surface area (Å²) in [6, 6.07) is 16.8. The Morgan fingerprint density at radius 3 is 2.40 bits per heavy atom. The molecule has 0 bridgehead atoms. The third-order valence-electron chi connectivity index (χ3n) is 5.14. The molecule has 0 spiro atoms. The third-order valence-corrected chi connectivity index (χ3v) is 7.80. The van der Waals surface area contributed by atoms with Crippen molar-refractivity contribution in [3.63, 3.8) is 0 Å². The number of rotatable bonds is 6. The van der Waals surface area contributed by atoms with Gasteiger partial charge in [0.1, 0.15) is 5.69 Å². The van der Waals surface area contributed by atoms with Crippen LogP contribution in [0.3, 0.4) is 0 Å². The molecular weight excluding hydrogens is 468 g/mol. The summed E-state index contributed by atoms with van der Waals surface area (Å²) in [7, 11) is -2.40. The van der Waals surface area contributed by atoms with Crippen molar-refractivity contribution < 1.29 is 13.2 Å². The smallest absolute Gasteiger partial charge is 0.289 e. The second-order valence-corrected chi connectivity index (χ2v) is 9.68. The minimum absolute atomic E-state index is 0.0438. The van der Waals surface area contributed by atoms with E-state index in [2.05, 4.69) is 21.0 Å². The van der Waals surface area contributed by atoms with Crippen LogP contribution in [0.4, 0.5) is 10.5 Å². The number of carbonyl (C=O) groups excluding carboxylic acids is 1. The fourth-order valence-electron chi connectivity index (χ4n) is 3.58. The monoisotopic (exact) mass is 488 g/mol. The van der Waals surface area contributed by atoms with E-state index in [1.807, 2.05) is 54.6 Å². The number of anilines is 1. The van der Waals surface area contributed by atoms with Gasteiger partial charge in [-0.3, -0.25) is 9.58 Å². The van der Waals surface area contributed by atoms with Crippen LogP contribution in [0, 0.1) is 0 Å². The Kier molecular flexibility index (Phi) is 5.66. The Bertz CT molecular complexity index is 1180. The lowest BCUT2D eigenvalue weighted by Crippen LogP contribution is -2.52. The molecule has 9 heteroatoms. The predicted octanol–water partition coefficient (Wildman–Crippen LogP) is 3.60. The van der Waals surface area contributed by atoms with Crippen LogP contribution in [0.5, 0.6) is 0 Å². The zero-order valence-electron chi connectivity index (χ0n) is 16.4. The summed E-state index contributed by atoms with van der Waals surface area (Å²) in [5.74, 6) is 0. The third kappa shape index (κ3) is 3.75. The zero-order valence-corrected chi connectivity index (χ0v) is 18.8. The molecule has 2 aromatic carbocycles. The SMILES string of the molecule is Cn1ncc2c1S(=O)(=O)N(CCc1ccccc1)C(=O)N2CCc1ccccc1Br. The van der Waals surface area contributed by atoms with Gasteiger partial charge in [0.2, 0.25) is 0 Å². The molecule has 1 aromatic heterocycles. The number of halogens is 1. The fraction of sp³-hybridized carbons (Fsp3) is 0.238. The molecule has 156 valence electrons. The number of benzene rings is 2. The maximum Gasteiger partial charge on any atom is 0.338 e. The first-order valence-electron chi connectivity index (χ1n) is 9.53. The predicted molar refractivity (Wildman–Crippen MR) is 118 cm³/mol. The van der Waals surface area contributed by atoms with Gasteiger partial charge in [-0.1, -0.05) is 64.5 Å². The van der Waals surface area contributed by atoms with Gasteiger partial charge in [-0.25, -0.2) is 9.10 Å². The van der Waals surface area contributed by atoms with Crippen molar-refractivity contribution in [3.8, 4) is 0 Å². The summed E-state index contributed by atoms with van der Waals surface area (Å²) in [6.45, 7) is 0.416. The molecule has 1 aliphatic heterocycles. The number of aryl methyl sites for hydroxylation is 1. The molecule has 0 unspecified atom stereocenters. The number of nitrogens with zero attached hydrogens (tertiary/aromatic N) is 4. The van der Waals surface area contributed by atoms with Crippen LogP contribution in [0.1, 0.15) is 11.1 Å². The van der Waals surface area contributed by atoms with Gasteiger partial charge in [-0.05, 0) is 30.0 Å². The lowest BCUT2D eigenvalue weighted by molar-refractivity contribution is 0.227. The minimum atomic E-state index is -3.98. The summed E-state index contributed by atoms with van der Waals surface area (Å²) >= 11 is 3.53. The summed E-state index contributed by atoms with van der Waals surface area (Å²) < 4.78 is 29.6. The number of hydrogen-bond donors (Lipinski definition) is 0. The topological polar surface area (TPSA) is 75.5 Å². The van der Waals surface area contributed by atoms with Crippen molar-refractivity contribution in [2.45, 2.75) is 17.9 Å². The Labute approximate surface area is 184 Å². The highest BCUT2D eigenvalue weighted by atomic mass is 79.9. The van der Waals surface area contributed by atoms with Crippen molar-refractivity contribution in [3.05, 3.63) is 76.4 Å². The maximum absolute atomic E-state index is 13.3. The van der Waals surface area contributed by atoms with E-state index in [4.69, 9.17) is 0 Å². The van der Waals surface area contributed by atoms with Gasteiger partial charge in [0.15, 0.2) is 5.03 Å². The quantitative estimate of drug-likeness (QED) is 0.531. The maximum atomic E-state index is 13.3. The molecule has 2 amide bonds. The summed E-state index contributed by atoms with van der Waals surface area (Å²) in [4.78, 5) is 14.8. The van der Waals surface area contributed by atoms with Gasteiger partial charge < -0.3 is 0 Å². The van der Waals surface area contributed by atoms with Gasteiger partial charge in [-0.2, -0.15) is 13.5 Å². The molecule has 0 radical (unpaired) electrons. The highest BCUT2D eigenvalue weighted by Gasteiger charge is 2.43. The molecule has 3 aromatic rings. The molecule has 7 nitrogen and oxygen atoms in total. The van der Waals surface area contributed by atoms with E-state index < -0.39 is 16.1 Å². The lowest BCUT2D eigenvalue weighted by Gasteiger charge is -2.34. The number of aromatic nitrogens is 2. The van der Waals surface area contributed by atoms with Gasteiger partial charge in [-0.15, -0.1) is 0 Å².